The van der Waals surface area contributed by atoms with Crippen molar-refractivity contribution in [2.24, 2.45) is 33.5 Å². The highest BCUT2D eigenvalue weighted by Crippen LogP contribution is 2.55. The van der Waals surface area contributed by atoms with Gasteiger partial charge >= 0.3 is 13.1 Å². The Morgan fingerprint density at radius 1 is 1.23 bits per heavy atom. The van der Waals surface area contributed by atoms with Crippen LogP contribution in [0.3, 0.4) is 0 Å². The Labute approximate surface area is 206 Å². The van der Waals surface area contributed by atoms with Crippen LogP contribution in [0.2, 0.25) is 0 Å². The predicted octanol–water partition coefficient (Wildman–Crippen LogP) is 1.94. The minimum Gasteiger partial charge on any atom is -0.493 e. The van der Waals surface area contributed by atoms with Gasteiger partial charge in [-0.25, -0.2) is 5.01 Å². The summed E-state index contributed by atoms with van der Waals surface area (Å²) in [6, 6.07) is 4.72. The number of methoxy groups -OCH3 is 2. The highest BCUT2D eigenvalue weighted by Gasteiger charge is 2.53. The normalized spacial score (nSPS) is 31.1. The molecule has 1 aliphatic heterocycles. The van der Waals surface area contributed by atoms with Gasteiger partial charge in [0, 0.05) is 5.54 Å². The van der Waals surface area contributed by atoms with E-state index in [4.69, 9.17) is 20.1 Å². The fourth-order valence-electron chi connectivity index (χ4n) is 6.89. The number of hydrogen-bond acceptors (Lipinski definition) is 9. The van der Waals surface area contributed by atoms with E-state index in [1.807, 2.05) is 16.9 Å². The lowest BCUT2D eigenvalue weighted by Gasteiger charge is -2.58. The van der Waals surface area contributed by atoms with E-state index in [2.05, 4.69) is 10.3 Å². The lowest BCUT2D eigenvalue weighted by molar-refractivity contribution is -0.141. The van der Waals surface area contributed by atoms with E-state index in [9.17, 15) is 9.90 Å². The van der Waals surface area contributed by atoms with E-state index in [-0.39, 0.29) is 18.2 Å². The monoisotopic (exact) mass is 482 g/mol. The molecule has 1 aromatic rings. The van der Waals surface area contributed by atoms with Gasteiger partial charge in [-0.05, 0) is 87.0 Å². The molecular formula is C24H35BN6O4. The SMILES string of the molecule is COc1ccc(/C=N/N2CN(C(C)C(=O)O)B(NC34CC5CC(CC(C5)C3)C4)N=C2N)cc1OC. The number of carboxylic acids is 1. The molecule has 5 aliphatic rings. The number of nitrogens with two attached hydrogens (primary N) is 1. The fraction of sp³-hybridized carbons (Fsp3) is 0.625. The second-order valence-electron chi connectivity index (χ2n) is 10.6. The zero-order valence-corrected chi connectivity index (χ0v) is 20.7. The van der Waals surface area contributed by atoms with Crippen molar-refractivity contribution in [1.82, 2.24) is 15.0 Å². The molecule has 1 unspecified atom stereocenters. The van der Waals surface area contributed by atoms with Gasteiger partial charge in [0.1, 0.15) is 0 Å². The molecule has 0 amide bonds. The number of hydrazone groups is 1. The molecule has 188 valence electrons. The Bertz CT molecular complexity index is 998. The summed E-state index contributed by atoms with van der Waals surface area (Å²) in [6.45, 7) is 1.90. The zero-order valence-electron chi connectivity index (χ0n) is 20.7. The van der Waals surface area contributed by atoms with Crippen molar-refractivity contribution < 1.29 is 19.4 Å². The largest absolute Gasteiger partial charge is 0.493 e. The lowest BCUT2D eigenvalue weighted by atomic mass is 9.52. The molecule has 1 aromatic carbocycles. The van der Waals surface area contributed by atoms with Crippen LogP contribution in [0.5, 0.6) is 11.5 Å². The average molecular weight is 482 g/mol. The second kappa shape index (κ2) is 9.35. The summed E-state index contributed by atoms with van der Waals surface area (Å²) in [5.74, 6) is 2.89. The number of benzene rings is 1. The third-order valence-corrected chi connectivity index (χ3v) is 8.21. The number of carbonyl (C=O) groups is 1. The van der Waals surface area contributed by atoms with E-state index in [1.54, 1.807) is 33.4 Å². The number of carboxylic acid groups (broad SMARTS) is 1. The molecule has 4 N–H and O–H groups in total. The predicted molar refractivity (Wildman–Crippen MR) is 134 cm³/mol. The summed E-state index contributed by atoms with van der Waals surface area (Å²) in [5.41, 5.74) is 7.16. The number of guanidine groups is 1. The van der Waals surface area contributed by atoms with Gasteiger partial charge in [0.25, 0.3) is 0 Å². The number of rotatable bonds is 8. The van der Waals surface area contributed by atoms with Crippen LogP contribution >= 0.6 is 0 Å². The van der Waals surface area contributed by atoms with E-state index in [0.717, 1.165) is 42.6 Å². The molecule has 6 rings (SSSR count). The highest BCUT2D eigenvalue weighted by molar-refractivity contribution is 6.53. The maximum absolute atomic E-state index is 12.0. The third kappa shape index (κ3) is 4.71. The van der Waals surface area contributed by atoms with Gasteiger partial charge in [-0.2, -0.15) is 5.10 Å². The standard InChI is InChI=1S/C24H35BN6O4/c1-15(22(32)33)30-14-31(27-13-16-4-5-20(34-2)21(9-16)35-3)23(26)28-25(30)29-24-10-17-6-18(11-24)8-19(7-17)12-24/h4-5,9,13,15,17-19,29H,6-8,10-12,14H2,1-3H3,(H2,26,28)(H,32,33)/b27-13+. The molecule has 1 atom stereocenters. The Hall–Kier alpha value is -2.79. The van der Waals surface area contributed by atoms with Crippen LogP contribution in [-0.2, 0) is 4.79 Å². The van der Waals surface area contributed by atoms with Crippen molar-refractivity contribution in [1.29, 1.82) is 0 Å². The number of ether oxygens (including phenoxy) is 2. The molecule has 4 fully saturated rings. The van der Waals surface area contributed by atoms with Crippen molar-refractivity contribution in [2.45, 2.75) is 57.0 Å². The van der Waals surface area contributed by atoms with Crippen molar-refractivity contribution in [2.75, 3.05) is 20.9 Å². The van der Waals surface area contributed by atoms with Crippen LogP contribution < -0.4 is 20.4 Å². The lowest BCUT2D eigenvalue weighted by Crippen LogP contribution is -2.70. The Balaban J connectivity index is 1.37. The topological polar surface area (TPSA) is 125 Å². The van der Waals surface area contributed by atoms with Crippen LogP contribution in [-0.4, -0.2) is 72.7 Å². The fourth-order valence-corrected chi connectivity index (χ4v) is 6.89. The van der Waals surface area contributed by atoms with Crippen LogP contribution in [0.25, 0.3) is 0 Å². The molecule has 10 nitrogen and oxygen atoms in total. The molecule has 0 saturated heterocycles. The van der Waals surface area contributed by atoms with Gasteiger partial charge in [-0.3, -0.25) is 14.5 Å². The van der Waals surface area contributed by atoms with E-state index < -0.39 is 19.1 Å². The van der Waals surface area contributed by atoms with Gasteiger partial charge in [-0.1, -0.05) is 0 Å². The van der Waals surface area contributed by atoms with Crippen LogP contribution in [0.4, 0.5) is 0 Å². The summed E-state index contributed by atoms with van der Waals surface area (Å²) in [7, 11) is 2.67. The van der Waals surface area contributed by atoms with E-state index in [0.29, 0.717) is 11.5 Å². The van der Waals surface area contributed by atoms with Crippen molar-refractivity contribution in [3.63, 3.8) is 0 Å². The molecule has 4 bridgehead atoms. The summed E-state index contributed by atoms with van der Waals surface area (Å²) in [5, 5.41) is 19.7. The Kier molecular flexibility index (Phi) is 6.39. The van der Waals surface area contributed by atoms with Crippen molar-refractivity contribution in [3.8, 4) is 11.5 Å². The maximum Gasteiger partial charge on any atom is 0.458 e. The van der Waals surface area contributed by atoms with Gasteiger partial charge in [-0.15, -0.1) is 0 Å². The first-order chi connectivity index (χ1) is 16.8. The number of hydrogen-bond donors (Lipinski definition) is 3. The molecule has 0 spiro atoms. The quantitative estimate of drug-likeness (QED) is 0.379. The Morgan fingerprint density at radius 2 is 1.86 bits per heavy atom. The van der Waals surface area contributed by atoms with Gasteiger partial charge in [0.05, 0.1) is 33.1 Å². The first kappa shape index (κ1) is 23.9. The van der Waals surface area contributed by atoms with Gasteiger partial charge < -0.3 is 25.5 Å². The molecule has 4 aliphatic carbocycles. The Morgan fingerprint density at radius 3 is 2.43 bits per heavy atom. The van der Waals surface area contributed by atoms with Gasteiger partial charge in [0.15, 0.2) is 11.5 Å². The summed E-state index contributed by atoms with van der Waals surface area (Å²) in [4.78, 5) is 18.5. The summed E-state index contributed by atoms with van der Waals surface area (Å²) < 4.78 is 10.7. The van der Waals surface area contributed by atoms with Crippen molar-refractivity contribution in [3.05, 3.63) is 23.8 Å². The molecule has 4 saturated carbocycles. The highest BCUT2D eigenvalue weighted by atomic mass is 16.5. The van der Waals surface area contributed by atoms with E-state index in [1.165, 1.54) is 24.3 Å². The van der Waals surface area contributed by atoms with Crippen LogP contribution in [0.15, 0.2) is 28.2 Å². The average Bonchev–Trinajstić information content (AvgIpc) is 2.81. The van der Waals surface area contributed by atoms with Crippen molar-refractivity contribution >= 4 is 25.3 Å². The maximum atomic E-state index is 12.0. The summed E-state index contributed by atoms with van der Waals surface area (Å²) in [6.07, 6.45) is 9.09. The van der Waals surface area contributed by atoms with Crippen LogP contribution in [0.1, 0.15) is 51.0 Å². The first-order valence-corrected chi connectivity index (χ1v) is 12.4. The second-order valence-corrected chi connectivity index (χ2v) is 10.6. The van der Waals surface area contributed by atoms with Crippen LogP contribution in [0, 0.1) is 17.8 Å². The third-order valence-electron chi connectivity index (χ3n) is 8.21. The first-order valence-electron chi connectivity index (χ1n) is 12.4. The molecule has 0 radical (unpaired) electrons. The molecular weight excluding hydrogens is 447 g/mol. The number of nitrogens with one attached hydrogen (secondary N) is 1. The molecule has 1 heterocycles. The molecule has 11 heteroatoms. The minimum atomic E-state index is -0.901. The number of nitrogens with zero attached hydrogens (tertiary/aromatic N) is 4. The zero-order chi connectivity index (χ0) is 24.7. The molecule has 35 heavy (non-hydrogen) atoms. The van der Waals surface area contributed by atoms with E-state index >= 15 is 0 Å². The summed E-state index contributed by atoms with van der Waals surface area (Å²) >= 11 is 0. The minimum absolute atomic E-state index is 0.0186. The van der Waals surface area contributed by atoms with Gasteiger partial charge in [0.2, 0.25) is 5.96 Å². The smallest absolute Gasteiger partial charge is 0.458 e. The molecule has 0 aromatic heterocycles. The number of aliphatic carboxylic acids is 1.